The first-order chi connectivity index (χ1) is 6.86. The van der Waals surface area contributed by atoms with Gasteiger partial charge in [0, 0.05) is 13.7 Å². The first kappa shape index (κ1) is 12.0. The van der Waals surface area contributed by atoms with E-state index in [1.807, 2.05) is 0 Å². The number of hydrogen-bond acceptors (Lipinski definition) is 2. The molecule has 0 radical (unpaired) electrons. The molecule has 0 aromatic carbocycles. The van der Waals surface area contributed by atoms with Crippen molar-refractivity contribution in [3.8, 4) is 0 Å². The number of ether oxygens (including phenoxy) is 1. The van der Waals surface area contributed by atoms with E-state index in [9.17, 15) is 0 Å². The Labute approximate surface area is 88.4 Å². The van der Waals surface area contributed by atoms with Crippen LogP contribution in [0, 0.1) is 11.8 Å². The summed E-state index contributed by atoms with van der Waals surface area (Å²) in [6.07, 6.45) is 6.81. The molecule has 1 fully saturated rings. The Morgan fingerprint density at radius 2 is 2.21 bits per heavy atom. The predicted molar refractivity (Wildman–Crippen MR) is 60.5 cm³/mol. The molecule has 1 saturated carbocycles. The highest BCUT2D eigenvalue weighted by Crippen LogP contribution is 2.25. The molecule has 0 bridgehead atoms. The van der Waals surface area contributed by atoms with Crippen molar-refractivity contribution < 1.29 is 4.74 Å². The molecule has 1 N–H and O–H groups in total. The van der Waals surface area contributed by atoms with Crippen molar-refractivity contribution in [1.29, 1.82) is 0 Å². The normalized spacial score (nSPS) is 19.3. The van der Waals surface area contributed by atoms with Crippen LogP contribution in [0.5, 0.6) is 0 Å². The van der Waals surface area contributed by atoms with Gasteiger partial charge in [-0.1, -0.05) is 19.8 Å². The maximum Gasteiger partial charge on any atom is 0.0465 e. The fraction of sp³-hybridized carbons (Fsp3) is 1.00. The second-order valence-electron chi connectivity index (χ2n) is 4.51. The van der Waals surface area contributed by atoms with Crippen molar-refractivity contribution in [2.75, 3.05) is 26.8 Å². The van der Waals surface area contributed by atoms with Crippen LogP contribution in [0.3, 0.4) is 0 Å². The van der Waals surface area contributed by atoms with Crippen LogP contribution >= 0.6 is 0 Å². The molecular formula is C12H25NO. The Balaban J connectivity index is 1.95. The van der Waals surface area contributed by atoms with Crippen molar-refractivity contribution in [3.05, 3.63) is 0 Å². The Morgan fingerprint density at radius 3 is 2.71 bits per heavy atom. The first-order valence-electron chi connectivity index (χ1n) is 6.06. The average molecular weight is 199 g/mol. The SMILES string of the molecule is CCC(CCOC)CNCC1CCC1. The van der Waals surface area contributed by atoms with Gasteiger partial charge in [-0.25, -0.2) is 0 Å². The Bertz CT molecular complexity index is 134. The Morgan fingerprint density at radius 1 is 1.43 bits per heavy atom. The van der Waals surface area contributed by atoms with E-state index < -0.39 is 0 Å². The van der Waals surface area contributed by atoms with Gasteiger partial charge < -0.3 is 10.1 Å². The van der Waals surface area contributed by atoms with Gasteiger partial charge in [0.25, 0.3) is 0 Å². The quantitative estimate of drug-likeness (QED) is 0.648. The second kappa shape index (κ2) is 7.24. The molecule has 0 spiro atoms. The van der Waals surface area contributed by atoms with Crippen molar-refractivity contribution in [3.63, 3.8) is 0 Å². The number of nitrogens with one attached hydrogen (secondary N) is 1. The largest absolute Gasteiger partial charge is 0.385 e. The molecule has 2 heteroatoms. The summed E-state index contributed by atoms with van der Waals surface area (Å²) < 4.78 is 5.11. The third kappa shape index (κ3) is 4.43. The number of methoxy groups -OCH3 is 1. The maximum atomic E-state index is 5.11. The van der Waals surface area contributed by atoms with E-state index in [0.717, 1.165) is 18.4 Å². The molecule has 1 aliphatic rings. The summed E-state index contributed by atoms with van der Waals surface area (Å²) >= 11 is 0. The van der Waals surface area contributed by atoms with E-state index in [1.54, 1.807) is 7.11 Å². The van der Waals surface area contributed by atoms with E-state index in [-0.39, 0.29) is 0 Å². The molecule has 0 amide bonds. The van der Waals surface area contributed by atoms with E-state index in [4.69, 9.17) is 4.74 Å². The minimum Gasteiger partial charge on any atom is -0.385 e. The topological polar surface area (TPSA) is 21.3 Å². The lowest BCUT2D eigenvalue weighted by molar-refractivity contribution is 0.174. The highest BCUT2D eigenvalue weighted by molar-refractivity contribution is 4.72. The lowest BCUT2D eigenvalue weighted by atomic mass is 9.85. The zero-order valence-corrected chi connectivity index (χ0v) is 9.72. The zero-order valence-electron chi connectivity index (χ0n) is 9.72. The van der Waals surface area contributed by atoms with Crippen LogP contribution in [-0.4, -0.2) is 26.8 Å². The summed E-state index contributed by atoms with van der Waals surface area (Å²) in [6, 6.07) is 0. The van der Waals surface area contributed by atoms with Crippen LogP contribution in [0.15, 0.2) is 0 Å². The van der Waals surface area contributed by atoms with Gasteiger partial charge in [-0.3, -0.25) is 0 Å². The minimum atomic E-state index is 0.801. The van der Waals surface area contributed by atoms with E-state index in [1.165, 1.54) is 45.2 Å². The fourth-order valence-corrected chi connectivity index (χ4v) is 1.92. The van der Waals surface area contributed by atoms with Crippen LogP contribution in [0.1, 0.15) is 39.0 Å². The second-order valence-corrected chi connectivity index (χ2v) is 4.51. The molecule has 0 heterocycles. The van der Waals surface area contributed by atoms with E-state index in [2.05, 4.69) is 12.2 Å². The summed E-state index contributed by atoms with van der Waals surface area (Å²) in [5.74, 6) is 1.78. The summed E-state index contributed by atoms with van der Waals surface area (Å²) in [5, 5.41) is 3.59. The van der Waals surface area contributed by atoms with Gasteiger partial charge in [0.1, 0.15) is 0 Å². The number of hydrogen-bond donors (Lipinski definition) is 1. The van der Waals surface area contributed by atoms with Crippen molar-refractivity contribution in [2.45, 2.75) is 39.0 Å². The molecule has 0 saturated heterocycles. The number of rotatable bonds is 8. The van der Waals surface area contributed by atoms with Crippen LogP contribution < -0.4 is 5.32 Å². The van der Waals surface area contributed by atoms with Crippen LogP contribution in [-0.2, 0) is 4.74 Å². The van der Waals surface area contributed by atoms with Gasteiger partial charge in [-0.15, -0.1) is 0 Å². The first-order valence-corrected chi connectivity index (χ1v) is 6.06. The minimum absolute atomic E-state index is 0.801. The van der Waals surface area contributed by atoms with Crippen molar-refractivity contribution in [2.24, 2.45) is 11.8 Å². The van der Waals surface area contributed by atoms with Crippen LogP contribution in [0.2, 0.25) is 0 Å². The lowest BCUT2D eigenvalue weighted by Crippen LogP contribution is -2.31. The van der Waals surface area contributed by atoms with Gasteiger partial charge in [-0.05, 0) is 44.2 Å². The zero-order chi connectivity index (χ0) is 10.2. The maximum absolute atomic E-state index is 5.11. The van der Waals surface area contributed by atoms with Gasteiger partial charge in [0.15, 0.2) is 0 Å². The summed E-state index contributed by atoms with van der Waals surface area (Å²) in [7, 11) is 1.79. The Kier molecular flexibility index (Phi) is 6.20. The van der Waals surface area contributed by atoms with Gasteiger partial charge in [-0.2, -0.15) is 0 Å². The molecule has 1 aliphatic carbocycles. The molecule has 84 valence electrons. The summed E-state index contributed by atoms with van der Waals surface area (Å²) in [4.78, 5) is 0. The standard InChI is InChI=1S/C12H25NO/c1-3-11(7-8-14-2)9-13-10-12-5-4-6-12/h11-13H,3-10H2,1-2H3. The van der Waals surface area contributed by atoms with Crippen LogP contribution in [0.4, 0.5) is 0 Å². The highest BCUT2D eigenvalue weighted by Gasteiger charge is 2.16. The lowest BCUT2D eigenvalue weighted by Gasteiger charge is -2.26. The monoisotopic (exact) mass is 199 g/mol. The molecule has 0 aromatic rings. The van der Waals surface area contributed by atoms with Crippen molar-refractivity contribution >= 4 is 0 Å². The third-order valence-electron chi connectivity index (χ3n) is 3.40. The molecule has 1 atom stereocenters. The average Bonchev–Trinajstić information content (AvgIpc) is 2.14. The molecule has 1 rings (SSSR count). The van der Waals surface area contributed by atoms with E-state index in [0.29, 0.717) is 0 Å². The predicted octanol–water partition coefficient (Wildman–Crippen LogP) is 2.44. The molecule has 14 heavy (non-hydrogen) atoms. The highest BCUT2D eigenvalue weighted by atomic mass is 16.5. The van der Waals surface area contributed by atoms with Crippen LogP contribution in [0.25, 0.3) is 0 Å². The Hall–Kier alpha value is -0.0800. The molecular weight excluding hydrogens is 174 g/mol. The molecule has 0 aliphatic heterocycles. The van der Waals surface area contributed by atoms with Gasteiger partial charge >= 0.3 is 0 Å². The van der Waals surface area contributed by atoms with Gasteiger partial charge in [0.05, 0.1) is 0 Å². The molecule has 2 nitrogen and oxygen atoms in total. The third-order valence-corrected chi connectivity index (χ3v) is 3.40. The smallest absolute Gasteiger partial charge is 0.0465 e. The van der Waals surface area contributed by atoms with E-state index >= 15 is 0 Å². The summed E-state index contributed by atoms with van der Waals surface area (Å²) in [5.41, 5.74) is 0. The van der Waals surface area contributed by atoms with Gasteiger partial charge in [0.2, 0.25) is 0 Å². The summed E-state index contributed by atoms with van der Waals surface area (Å²) in [6.45, 7) is 5.59. The fourth-order valence-electron chi connectivity index (χ4n) is 1.92. The molecule has 0 aromatic heterocycles. The van der Waals surface area contributed by atoms with Crippen molar-refractivity contribution in [1.82, 2.24) is 5.32 Å². The molecule has 1 unspecified atom stereocenters.